The molecule has 1 fully saturated rings. The molecule has 0 aliphatic carbocycles. The number of amides is 2. The minimum Gasteiger partial charge on any atom is -0.443 e. The third-order valence-corrected chi connectivity index (χ3v) is 6.96. The van der Waals surface area contributed by atoms with E-state index in [-0.39, 0.29) is 11.8 Å². The summed E-state index contributed by atoms with van der Waals surface area (Å²) in [5.41, 5.74) is 4.23. The fourth-order valence-electron chi connectivity index (χ4n) is 4.90. The Morgan fingerprint density at radius 3 is 2.31 bits per heavy atom. The molecule has 39 heavy (non-hydrogen) atoms. The van der Waals surface area contributed by atoms with Gasteiger partial charge in [-0.25, -0.2) is 4.79 Å². The SMILES string of the molecule is Cc1ccccc1CCC(=O)NC(Cc1ccc(-c2cccn2C(=O)OC(C)(C)C)cc1)C(=O)N1CCCC1. The monoisotopic (exact) mass is 529 g/mol. The maximum atomic E-state index is 13.4. The van der Waals surface area contributed by atoms with E-state index >= 15 is 0 Å². The molecule has 1 aliphatic rings. The molecule has 206 valence electrons. The maximum Gasteiger partial charge on any atom is 0.418 e. The first-order chi connectivity index (χ1) is 18.6. The largest absolute Gasteiger partial charge is 0.443 e. The normalized spacial score (nSPS) is 14.2. The van der Waals surface area contributed by atoms with E-state index in [0.717, 1.165) is 53.9 Å². The lowest BCUT2D eigenvalue weighted by Gasteiger charge is -2.24. The van der Waals surface area contributed by atoms with Gasteiger partial charge in [0.15, 0.2) is 0 Å². The number of carbonyl (C=O) groups excluding carboxylic acids is 3. The standard InChI is InChI=1S/C32H39N3O4/c1-23-10-5-6-11-25(23)17-18-29(36)33-27(30(37)34-19-7-8-20-34)22-24-13-15-26(16-14-24)28-12-9-21-35(28)31(38)39-32(2,3)4/h5-6,9-16,21,27H,7-8,17-20,22H2,1-4H3,(H,33,36). The summed E-state index contributed by atoms with van der Waals surface area (Å²) in [6, 6.07) is 18.9. The number of nitrogens with one attached hydrogen (secondary N) is 1. The van der Waals surface area contributed by atoms with Crippen LogP contribution in [0.3, 0.4) is 0 Å². The van der Waals surface area contributed by atoms with E-state index < -0.39 is 17.7 Å². The van der Waals surface area contributed by atoms with Gasteiger partial charge in [0.25, 0.3) is 0 Å². The highest BCUT2D eigenvalue weighted by Crippen LogP contribution is 2.23. The van der Waals surface area contributed by atoms with Gasteiger partial charge in [-0.3, -0.25) is 14.2 Å². The maximum absolute atomic E-state index is 13.4. The minimum absolute atomic E-state index is 0.0281. The number of nitrogens with zero attached hydrogens (tertiary/aromatic N) is 2. The van der Waals surface area contributed by atoms with E-state index in [9.17, 15) is 14.4 Å². The van der Waals surface area contributed by atoms with Crippen LogP contribution in [0.25, 0.3) is 11.3 Å². The van der Waals surface area contributed by atoms with E-state index in [1.165, 1.54) is 4.57 Å². The number of likely N-dealkylation sites (tertiary alicyclic amines) is 1. The van der Waals surface area contributed by atoms with Gasteiger partial charge in [0.1, 0.15) is 11.6 Å². The zero-order valence-corrected chi connectivity index (χ0v) is 23.4. The van der Waals surface area contributed by atoms with Crippen molar-refractivity contribution in [1.29, 1.82) is 0 Å². The van der Waals surface area contributed by atoms with E-state index in [1.807, 2.05) is 93.3 Å². The van der Waals surface area contributed by atoms with E-state index in [1.54, 1.807) is 6.20 Å². The van der Waals surface area contributed by atoms with Crippen LogP contribution in [-0.4, -0.2) is 52.1 Å². The van der Waals surface area contributed by atoms with Crippen LogP contribution in [0.1, 0.15) is 56.7 Å². The molecule has 4 rings (SSSR count). The zero-order valence-electron chi connectivity index (χ0n) is 23.4. The first-order valence-electron chi connectivity index (χ1n) is 13.7. The summed E-state index contributed by atoms with van der Waals surface area (Å²) >= 11 is 0. The van der Waals surface area contributed by atoms with Gasteiger partial charge in [-0.2, -0.15) is 0 Å². The van der Waals surface area contributed by atoms with Gasteiger partial charge in [-0.05, 0) is 81.3 Å². The summed E-state index contributed by atoms with van der Waals surface area (Å²) < 4.78 is 7.02. The van der Waals surface area contributed by atoms with Crippen LogP contribution in [0.5, 0.6) is 0 Å². The van der Waals surface area contributed by atoms with Crippen molar-refractivity contribution in [2.24, 2.45) is 0 Å². The Kier molecular flexibility index (Phi) is 8.90. The average Bonchev–Trinajstić information content (AvgIpc) is 3.60. The number of aryl methyl sites for hydroxylation is 2. The summed E-state index contributed by atoms with van der Waals surface area (Å²) in [6.45, 7) is 9.02. The zero-order chi connectivity index (χ0) is 28.0. The fourth-order valence-corrected chi connectivity index (χ4v) is 4.90. The molecule has 0 saturated carbocycles. The van der Waals surface area contributed by atoms with Crippen molar-refractivity contribution in [3.63, 3.8) is 0 Å². The smallest absolute Gasteiger partial charge is 0.418 e. The summed E-state index contributed by atoms with van der Waals surface area (Å²) in [4.78, 5) is 40.8. The molecular formula is C32H39N3O4. The van der Waals surface area contributed by atoms with Crippen LogP contribution in [-0.2, 0) is 27.2 Å². The van der Waals surface area contributed by atoms with E-state index in [2.05, 4.69) is 5.32 Å². The van der Waals surface area contributed by atoms with Crippen LogP contribution >= 0.6 is 0 Å². The Bertz CT molecular complexity index is 1300. The number of aromatic nitrogens is 1. The highest BCUT2D eigenvalue weighted by Gasteiger charge is 2.28. The summed E-state index contributed by atoms with van der Waals surface area (Å²) in [5.74, 6) is -0.151. The number of rotatable bonds is 8. The lowest BCUT2D eigenvalue weighted by Crippen LogP contribution is -2.49. The van der Waals surface area contributed by atoms with Crippen molar-refractivity contribution >= 4 is 17.9 Å². The molecule has 2 heterocycles. The number of benzene rings is 2. The molecule has 1 saturated heterocycles. The molecule has 7 nitrogen and oxygen atoms in total. The second-order valence-electron chi connectivity index (χ2n) is 11.2. The third-order valence-electron chi connectivity index (χ3n) is 6.96. The van der Waals surface area contributed by atoms with Crippen LogP contribution < -0.4 is 5.32 Å². The van der Waals surface area contributed by atoms with Crippen molar-refractivity contribution in [3.8, 4) is 11.3 Å². The predicted octanol–water partition coefficient (Wildman–Crippen LogP) is 5.53. The summed E-state index contributed by atoms with van der Waals surface area (Å²) in [6.07, 6.45) is 4.60. The molecule has 1 N–H and O–H groups in total. The van der Waals surface area contributed by atoms with Gasteiger partial charge in [-0.15, -0.1) is 0 Å². The quantitative estimate of drug-likeness (QED) is 0.416. The average molecular weight is 530 g/mol. The fraction of sp³-hybridized carbons (Fsp3) is 0.406. The molecular weight excluding hydrogens is 490 g/mol. The Hall–Kier alpha value is -3.87. The molecule has 2 aromatic carbocycles. The molecule has 1 aromatic heterocycles. The first-order valence-corrected chi connectivity index (χ1v) is 13.7. The van der Waals surface area contributed by atoms with Crippen molar-refractivity contribution in [2.45, 2.75) is 71.4 Å². The summed E-state index contributed by atoms with van der Waals surface area (Å²) in [7, 11) is 0. The van der Waals surface area contributed by atoms with Crippen molar-refractivity contribution in [1.82, 2.24) is 14.8 Å². The van der Waals surface area contributed by atoms with Gasteiger partial charge in [0.05, 0.1) is 5.69 Å². The number of hydrogen-bond donors (Lipinski definition) is 1. The van der Waals surface area contributed by atoms with Gasteiger partial charge in [-0.1, -0.05) is 48.5 Å². The van der Waals surface area contributed by atoms with Crippen LogP contribution in [0.15, 0.2) is 66.9 Å². The number of hydrogen-bond acceptors (Lipinski definition) is 4. The highest BCUT2D eigenvalue weighted by molar-refractivity contribution is 5.88. The van der Waals surface area contributed by atoms with E-state index in [4.69, 9.17) is 4.74 Å². The molecule has 1 aliphatic heterocycles. The van der Waals surface area contributed by atoms with Crippen LogP contribution in [0.4, 0.5) is 4.79 Å². The Labute approximate surface area is 231 Å². The second-order valence-corrected chi connectivity index (χ2v) is 11.2. The lowest BCUT2D eigenvalue weighted by molar-refractivity contribution is -0.135. The first kappa shape index (κ1) is 28.1. The molecule has 0 spiro atoms. The lowest BCUT2D eigenvalue weighted by atomic mass is 10.0. The Morgan fingerprint density at radius 2 is 1.64 bits per heavy atom. The van der Waals surface area contributed by atoms with Crippen LogP contribution in [0.2, 0.25) is 0 Å². The molecule has 1 unspecified atom stereocenters. The van der Waals surface area contributed by atoms with Crippen molar-refractivity contribution in [3.05, 3.63) is 83.6 Å². The second kappa shape index (κ2) is 12.3. The minimum atomic E-state index is -0.621. The topological polar surface area (TPSA) is 80.6 Å². The van der Waals surface area contributed by atoms with Gasteiger partial charge >= 0.3 is 6.09 Å². The van der Waals surface area contributed by atoms with Gasteiger partial charge < -0.3 is 15.0 Å². The third kappa shape index (κ3) is 7.59. The van der Waals surface area contributed by atoms with Gasteiger partial charge in [0, 0.05) is 32.1 Å². The Morgan fingerprint density at radius 1 is 0.949 bits per heavy atom. The van der Waals surface area contributed by atoms with E-state index in [0.29, 0.717) is 19.3 Å². The van der Waals surface area contributed by atoms with Crippen molar-refractivity contribution < 1.29 is 19.1 Å². The van der Waals surface area contributed by atoms with Crippen molar-refractivity contribution in [2.75, 3.05) is 13.1 Å². The van der Waals surface area contributed by atoms with Crippen LogP contribution in [0, 0.1) is 6.92 Å². The molecule has 0 radical (unpaired) electrons. The molecule has 1 atom stereocenters. The predicted molar refractivity (Wildman–Crippen MR) is 152 cm³/mol. The molecule has 7 heteroatoms. The molecule has 0 bridgehead atoms. The number of ether oxygens (including phenoxy) is 1. The van der Waals surface area contributed by atoms with Gasteiger partial charge in [0.2, 0.25) is 11.8 Å². The molecule has 3 aromatic rings. The highest BCUT2D eigenvalue weighted by atomic mass is 16.6. The summed E-state index contributed by atoms with van der Waals surface area (Å²) in [5, 5.41) is 3.02. The number of carbonyl (C=O) groups is 3. The molecule has 2 amide bonds. The Balaban J connectivity index is 1.46.